The second-order valence-electron chi connectivity index (χ2n) is 2.72. The summed E-state index contributed by atoms with van der Waals surface area (Å²) in [5.74, 6) is -0.763. The fraction of sp³-hybridized carbons (Fsp3) is 0.222. The molecule has 0 spiro atoms. The molecule has 0 radical (unpaired) electrons. The van der Waals surface area contributed by atoms with E-state index in [4.69, 9.17) is 11.6 Å². The third kappa shape index (κ3) is 3.10. The summed E-state index contributed by atoms with van der Waals surface area (Å²) in [6, 6.07) is 2.92. The molecule has 0 atom stereocenters. The topological polar surface area (TPSA) is 21.6 Å². The van der Waals surface area contributed by atoms with Crippen molar-refractivity contribution in [3.05, 3.63) is 24.0 Å². The van der Waals surface area contributed by atoms with Crippen LogP contribution < -0.4 is 4.74 Å². The van der Waals surface area contributed by atoms with Gasteiger partial charge in [0.15, 0.2) is 0 Å². The zero-order valence-electron chi connectivity index (χ0n) is 7.98. The number of aliphatic imine (C=N–C) groups is 1. The molecule has 1 aromatic carbocycles. The van der Waals surface area contributed by atoms with Gasteiger partial charge in [0.1, 0.15) is 17.3 Å². The lowest BCUT2D eigenvalue weighted by molar-refractivity contribution is -0.0558. The summed E-state index contributed by atoms with van der Waals surface area (Å²) in [6.45, 7) is 0. The van der Waals surface area contributed by atoms with E-state index in [-0.39, 0.29) is 11.4 Å². The number of benzene rings is 1. The molecule has 0 saturated carbocycles. The Bertz CT molecular complexity index is 416. The summed E-state index contributed by atoms with van der Waals surface area (Å²) in [5.41, 5.74) is -0.189. The van der Waals surface area contributed by atoms with Gasteiger partial charge in [-0.25, -0.2) is 9.38 Å². The van der Waals surface area contributed by atoms with Gasteiger partial charge in [0.25, 0.3) is 0 Å². The molecule has 0 N–H and O–H groups in total. The molecular formula is C9H6ClF4NO. The monoisotopic (exact) mass is 255 g/mol. The number of hydrogen-bond donors (Lipinski definition) is 0. The van der Waals surface area contributed by atoms with Crippen molar-refractivity contribution in [3.8, 4) is 5.75 Å². The highest BCUT2D eigenvalue weighted by Crippen LogP contribution is 2.31. The van der Waals surface area contributed by atoms with Crippen molar-refractivity contribution in [2.75, 3.05) is 7.11 Å². The Kier molecular flexibility index (Phi) is 3.74. The molecule has 0 aromatic heterocycles. The van der Waals surface area contributed by atoms with Crippen LogP contribution in [0, 0.1) is 5.82 Å². The molecule has 0 aliphatic heterocycles. The fourth-order valence-electron chi connectivity index (χ4n) is 0.913. The van der Waals surface area contributed by atoms with Crippen LogP contribution in [0.15, 0.2) is 23.2 Å². The van der Waals surface area contributed by atoms with Crippen LogP contribution in [0.5, 0.6) is 5.75 Å². The van der Waals surface area contributed by atoms with Crippen LogP contribution >= 0.6 is 11.6 Å². The minimum absolute atomic E-state index is 0.123. The lowest BCUT2D eigenvalue weighted by Crippen LogP contribution is -2.16. The van der Waals surface area contributed by atoms with Crippen LogP contribution in [-0.2, 0) is 0 Å². The average Bonchev–Trinajstić information content (AvgIpc) is 2.19. The van der Waals surface area contributed by atoms with Gasteiger partial charge in [-0.15, -0.1) is 0 Å². The number of hydrogen-bond acceptors (Lipinski definition) is 2. The molecule has 0 bridgehead atoms. The van der Waals surface area contributed by atoms with Crippen molar-refractivity contribution in [2.45, 2.75) is 6.18 Å². The van der Waals surface area contributed by atoms with E-state index in [0.29, 0.717) is 0 Å². The lowest BCUT2D eigenvalue weighted by Gasteiger charge is -2.06. The highest BCUT2D eigenvalue weighted by atomic mass is 35.5. The largest absolute Gasteiger partial charge is 0.494 e. The van der Waals surface area contributed by atoms with E-state index in [2.05, 4.69) is 9.73 Å². The van der Waals surface area contributed by atoms with Gasteiger partial charge >= 0.3 is 6.18 Å². The van der Waals surface area contributed by atoms with Gasteiger partial charge in [0, 0.05) is 6.07 Å². The SMILES string of the molecule is COc1cc(F)ccc1N=C(Cl)C(F)(F)F. The molecule has 0 amide bonds. The Balaban J connectivity index is 3.15. The molecular weight excluding hydrogens is 250 g/mol. The Hall–Kier alpha value is -1.30. The van der Waals surface area contributed by atoms with E-state index in [1.165, 1.54) is 7.11 Å². The van der Waals surface area contributed by atoms with Crippen molar-refractivity contribution in [2.24, 2.45) is 4.99 Å². The number of rotatable bonds is 2. The minimum atomic E-state index is -4.74. The standard InChI is InChI=1S/C9H6ClF4NO/c1-16-7-4-5(11)2-3-6(7)15-8(10)9(12,13)14/h2-4H,1H3. The summed E-state index contributed by atoms with van der Waals surface area (Å²) in [4.78, 5) is 3.11. The number of alkyl halides is 3. The normalized spacial score (nSPS) is 12.8. The maximum Gasteiger partial charge on any atom is 0.444 e. The van der Waals surface area contributed by atoms with E-state index in [0.717, 1.165) is 18.2 Å². The van der Waals surface area contributed by atoms with Crippen molar-refractivity contribution in [3.63, 3.8) is 0 Å². The molecule has 0 saturated heterocycles. The third-order valence-corrected chi connectivity index (χ3v) is 1.89. The smallest absolute Gasteiger partial charge is 0.444 e. The number of methoxy groups -OCH3 is 1. The van der Waals surface area contributed by atoms with Crippen LogP contribution in [0.25, 0.3) is 0 Å². The van der Waals surface area contributed by atoms with E-state index < -0.39 is 17.2 Å². The van der Waals surface area contributed by atoms with Crippen molar-refractivity contribution < 1.29 is 22.3 Å². The van der Waals surface area contributed by atoms with Crippen LogP contribution in [-0.4, -0.2) is 18.5 Å². The van der Waals surface area contributed by atoms with Gasteiger partial charge < -0.3 is 4.74 Å². The second kappa shape index (κ2) is 4.69. The Morgan fingerprint density at radius 2 is 2.00 bits per heavy atom. The first kappa shape index (κ1) is 12.8. The quantitative estimate of drug-likeness (QED) is 0.584. The summed E-state index contributed by atoms with van der Waals surface area (Å²) in [6.07, 6.45) is -4.74. The summed E-state index contributed by atoms with van der Waals surface area (Å²) < 4.78 is 53.6. The van der Waals surface area contributed by atoms with Crippen molar-refractivity contribution in [1.82, 2.24) is 0 Å². The van der Waals surface area contributed by atoms with Crippen LogP contribution in [0.2, 0.25) is 0 Å². The molecule has 88 valence electrons. The first-order valence-corrected chi connectivity index (χ1v) is 4.37. The summed E-state index contributed by atoms with van der Waals surface area (Å²) >= 11 is 4.94. The molecule has 1 aromatic rings. The first-order valence-electron chi connectivity index (χ1n) is 3.99. The van der Waals surface area contributed by atoms with Crippen molar-refractivity contribution in [1.29, 1.82) is 0 Å². The predicted molar refractivity (Wildman–Crippen MR) is 52.0 cm³/mol. The molecule has 1 rings (SSSR count). The zero-order valence-corrected chi connectivity index (χ0v) is 8.73. The zero-order chi connectivity index (χ0) is 12.3. The minimum Gasteiger partial charge on any atom is -0.494 e. The summed E-state index contributed by atoms with van der Waals surface area (Å²) in [5, 5.41) is -1.54. The molecule has 0 fully saturated rings. The number of halogens is 5. The fourth-order valence-corrected chi connectivity index (χ4v) is 1.00. The summed E-state index contributed by atoms with van der Waals surface area (Å²) in [7, 11) is 1.19. The van der Waals surface area contributed by atoms with Crippen LogP contribution in [0.1, 0.15) is 0 Å². The molecule has 0 heterocycles. The highest BCUT2D eigenvalue weighted by molar-refractivity contribution is 6.67. The van der Waals surface area contributed by atoms with E-state index in [1.807, 2.05) is 0 Å². The van der Waals surface area contributed by atoms with Gasteiger partial charge in [0.2, 0.25) is 5.17 Å². The average molecular weight is 256 g/mol. The van der Waals surface area contributed by atoms with Gasteiger partial charge in [-0.2, -0.15) is 13.2 Å². The second-order valence-corrected chi connectivity index (χ2v) is 3.07. The molecule has 0 aliphatic rings. The van der Waals surface area contributed by atoms with E-state index in [9.17, 15) is 17.6 Å². The van der Waals surface area contributed by atoms with Gasteiger partial charge in [-0.3, -0.25) is 0 Å². The molecule has 16 heavy (non-hydrogen) atoms. The first-order chi connectivity index (χ1) is 7.34. The van der Waals surface area contributed by atoms with Crippen LogP contribution in [0.3, 0.4) is 0 Å². The number of ether oxygens (including phenoxy) is 1. The van der Waals surface area contributed by atoms with E-state index in [1.54, 1.807) is 0 Å². The highest BCUT2D eigenvalue weighted by Gasteiger charge is 2.34. The molecule has 2 nitrogen and oxygen atoms in total. The molecule has 0 unspecified atom stereocenters. The van der Waals surface area contributed by atoms with E-state index >= 15 is 0 Å². The maximum absolute atomic E-state index is 12.7. The van der Waals surface area contributed by atoms with Gasteiger partial charge in [-0.1, -0.05) is 11.6 Å². The van der Waals surface area contributed by atoms with Crippen molar-refractivity contribution >= 4 is 22.5 Å². The van der Waals surface area contributed by atoms with Gasteiger partial charge in [0.05, 0.1) is 7.11 Å². The Labute approximate surface area is 93.5 Å². The van der Waals surface area contributed by atoms with Crippen LogP contribution in [0.4, 0.5) is 23.2 Å². The Morgan fingerprint density at radius 3 is 2.50 bits per heavy atom. The van der Waals surface area contributed by atoms with Gasteiger partial charge in [-0.05, 0) is 12.1 Å². The molecule has 7 heteroatoms. The maximum atomic E-state index is 12.7. The Morgan fingerprint density at radius 1 is 1.38 bits per heavy atom. The third-order valence-electron chi connectivity index (χ3n) is 1.59. The lowest BCUT2D eigenvalue weighted by atomic mass is 10.3. The predicted octanol–water partition coefficient (Wildman–Crippen LogP) is 3.67. The number of nitrogens with zero attached hydrogens (tertiary/aromatic N) is 1. The molecule has 0 aliphatic carbocycles.